The van der Waals surface area contributed by atoms with E-state index in [4.69, 9.17) is 0 Å². The largest absolute Gasteiger partial charge is 0.494 e. The zero-order valence-corrected chi connectivity index (χ0v) is 16.5. The van der Waals surface area contributed by atoms with Crippen LogP contribution in [0.3, 0.4) is 0 Å². The number of H-pyrrole nitrogens is 1. The molecule has 0 saturated heterocycles. The van der Waals surface area contributed by atoms with E-state index in [1.165, 1.54) is 0 Å². The van der Waals surface area contributed by atoms with E-state index in [1.54, 1.807) is 29.1 Å². The quantitative estimate of drug-likeness (QED) is 0.529. The maximum atomic E-state index is 13.8. The number of aryl methyl sites for hydroxylation is 1. The van der Waals surface area contributed by atoms with Crippen molar-refractivity contribution in [1.82, 2.24) is 20.1 Å². The van der Waals surface area contributed by atoms with Gasteiger partial charge in [-0.2, -0.15) is 5.10 Å². The van der Waals surface area contributed by atoms with E-state index in [0.717, 1.165) is 6.54 Å². The molecule has 0 spiro atoms. The highest BCUT2D eigenvalue weighted by Crippen LogP contribution is 2.39. The van der Waals surface area contributed by atoms with Crippen molar-refractivity contribution in [2.45, 2.75) is 45.3 Å². The van der Waals surface area contributed by atoms with Gasteiger partial charge in [0.25, 0.3) is 5.91 Å². The first-order valence-corrected chi connectivity index (χ1v) is 9.84. The fraction of sp³-hybridized carbons (Fsp3) is 0.381. The molecule has 0 atom stereocenters. The molecule has 1 fully saturated rings. The molecule has 0 aliphatic heterocycles. The summed E-state index contributed by atoms with van der Waals surface area (Å²) >= 11 is 0. The van der Waals surface area contributed by atoms with Crippen LogP contribution in [0.1, 0.15) is 49.0 Å². The summed E-state index contributed by atoms with van der Waals surface area (Å²) in [6, 6.07) is 5.09. The minimum absolute atomic E-state index is 0.00160. The molecule has 152 valence electrons. The van der Waals surface area contributed by atoms with Crippen LogP contribution in [0.4, 0.5) is 10.1 Å². The minimum Gasteiger partial charge on any atom is -0.494 e. The van der Waals surface area contributed by atoms with Gasteiger partial charge >= 0.3 is 0 Å². The van der Waals surface area contributed by atoms with Crippen LogP contribution in [-0.2, 0) is 6.54 Å². The minimum atomic E-state index is -1.25. The normalized spacial score (nSPS) is 15.6. The van der Waals surface area contributed by atoms with Crippen molar-refractivity contribution in [2.24, 2.45) is 4.99 Å². The second kappa shape index (κ2) is 7.35. The number of halogens is 1. The first kappa shape index (κ1) is 19.2. The zero-order valence-electron chi connectivity index (χ0n) is 16.5. The lowest BCUT2D eigenvalue weighted by atomic mass is 10.0. The molecule has 0 unspecified atom stereocenters. The number of alkyl halides is 1. The average Bonchev–Trinajstić information content (AvgIpc) is 3.13. The van der Waals surface area contributed by atoms with Crippen LogP contribution in [0.25, 0.3) is 10.9 Å². The zero-order chi connectivity index (χ0) is 20.6. The summed E-state index contributed by atoms with van der Waals surface area (Å²) < 4.78 is 15.6. The van der Waals surface area contributed by atoms with Crippen LogP contribution in [0, 0.1) is 0 Å². The molecule has 1 aromatic carbocycles. The van der Waals surface area contributed by atoms with Crippen LogP contribution in [-0.4, -0.2) is 43.7 Å². The standard InChI is InChI=1S/C21H24FN5O2/c1-3-16(25-14-10-24-27(4-2)11-14)18-15-9-13(5-6-17(15)26-20(18)29)19(28)23-12-21(22)7-8-21/h5-6,9-11,26,29H,3-4,7-8,12H2,1-2H3,(H,23,28). The number of aliphatic imine (C=N–C) groups is 1. The third-order valence-electron chi connectivity index (χ3n) is 5.23. The molecule has 8 heteroatoms. The third kappa shape index (κ3) is 3.87. The van der Waals surface area contributed by atoms with E-state index >= 15 is 0 Å². The van der Waals surface area contributed by atoms with E-state index in [-0.39, 0.29) is 18.3 Å². The van der Waals surface area contributed by atoms with Crippen molar-refractivity contribution in [3.05, 3.63) is 41.7 Å². The van der Waals surface area contributed by atoms with Crippen molar-refractivity contribution < 1.29 is 14.3 Å². The molecular weight excluding hydrogens is 373 g/mol. The van der Waals surface area contributed by atoms with E-state index < -0.39 is 5.67 Å². The number of carbonyl (C=O) groups is 1. The van der Waals surface area contributed by atoms with Gasteiger partial charge in [0, 0.05) is 23.0 Å². The second-order valence-corrected chi connectivity index (χ2v) is 7.41. The molecular formula is C21H24FN5O2. The Morgan fingerprint density at radius 1 is 1.41 bits per heavy atom. The van der Waals surface area contributed by atoms with Gasteiger partial charge in [-0.15, -0.1) is 0 Å². The van der Waals surface area contributed by atoms with Gasteiger partial charge in [-0.05, 0) is 44.4 Å². The Morgan fingerprint density at radius 2 is 2.21 bits per heavy atom. The number of aromatic nitrogens is 3. The first-order chi connectivity index (χ1) is 13.9. The van der Waals surface area contributed by atoms with E-state index in [9.17, 15) is 14.3 Å². The molecule has 1 aliphatic rings. The van der Waals surface area contributed by atoms with Crippen molar-refractivity contribution in [2.75, 3.05) is 6.54 Å². The third-order valence-corrected chi connectivity index (χ3v) is 5.23. The van der Waals surface area contributed by atoms with Gasteiger partial charge < -0.3 is 15.4 Å². The molecule has 0 bridgehead atoms. The van der Waals surface area contributed by atoms with Gasteiger partial charge in [0.1, 0.15) is 11.4 Å². The number of nitrogens with one attached hydrogen (secondary N) is 2. The average molecular weight is 397 g/mol. The van der Waals surface area contributed by atoms with Crippen molar-refractivity contribution in [3.8, 4) is 5.88 Å². The number of carbonyl (C=O) groups excluding carboxylic acids is 1. The van der Waals surface area contributed by atoms with Gasteiger partial charge in [-0.3, -0.25) is 9.48 Å². The predicted octanol–water partition coefficient (Wildman–Crippen LogP) is 3.85. The Labute approximate surface area is 167 Å². The number of rotatable bonds is 7. The summed E-state index contributed by atoms with van der Waals surface area (Å²) in [5.41, 5.74) is 1.81. The Morgan fingerprint density at radius 3 is 2.86 bits per heavy atom. The Bertz CT molecular complexity index is 1090. The molecule has 29 heavy (non-hydrogen) atoms. The van der Waals surface area contributed by atoms with E-state index in [2.05, 4.69) is 20.4 Å². The molecule has 7 nitrogen and oxygen atoms in total. The topological polar surface area (TPSA) is 95.3 Å². The molecule has 1 saturated carbocycles. The van der Waals surface area contributed by atoms with Crippen LogP contribution in [0.15, 0.2) is 35.6 Å². The highest BCUT2D eigenvalue weighted by molar-refractivity contribution is 6.14. The lowest BCUT2D eigenvalue weighted by Crippen LogP contribution is -2.31. The second-order valence-electron chi connectivity index (χ2n) is 7.41. The van der Waals surface area contributed by atoms with Crippen LogP contribution < -0.4 is 5.32 Å². The van der Waals surface area contributed by atoms with E-state index in [0.29, 0.717) is 52.7 Å². The van der Waals surface area contributed by atoms with Gasteiger partial charge in [-0.25, -0.2) is 9.38 Å². The molecule has 3 N–H and O–H groups in total. The lowest BCUT2D eigenvalue weighted by Gasteiger charge is -2.08. The summed E-state index contributed by atoms with van der Waals surface area (Å²) in [5, 5.41) is 18.1. The van der Waals surface area contributed by atoms with Gasteiger partial charge in [0.05, 0.1) is 30.2 Å². The monoisotopic (exact) mass is 397 g/mol. The maximum Gasteiger partial charge on any atom is 0.251 e. The van der Waals surface area contributed by atoms with Crippen molar-refractivity contribution in [1.29, 1.82) is 0 Å². The summed E-state index contributed by atoms with van der Waals surface area (Å²) in [5.74, 6) is -0.330. The van der Waals surface area contributed by atoms with Crippen LogP contribution in [0.5, 0.6) is 5.88 Å². The highest BCUT2D eigenvalue weighted by Gasteiger charge is 2.43. The smallest absolute Gasteiger partial charge is 0.251 e. The fourth-order valence-electron chi connectivity index (χ4n) is 3.32. The number of fused-ring (bicyclic) bond motifs is 1. The molecule has 0 radical (unpaired) electrons. The van der Waals surface area contributed by atoms with Gasteiger partial charge in [0.15, 0.2) is 5.88 Å². The fourth-order valence-corrected chi connectivity index (χ4v) is 3.32. The summed E-state index contributed by atoms with van der Waals surface area (Å²) in [4.78, 5) is 20.0. The highest BCUT2D eigenvalue weighted by atomic mass is 19.1. The molecule has 2 aromatic heterocycles. The number of benzene rings is 1. The summed E-state index contributed by atoms with van der Waals surface area (Å²) in [6.45, 7) is 4.72. The lowest BCUT2D eigenvalue weighted by molar-refractivity contribution is 0.0938. The van der Waals surface area contributed by atoms with Crippen molar-refractivity contribution >= 4 is 28.2 Å². The number of hydrogen-bond acceptors (Lipinski definition) is 4. The maximum absolute atomic E-state index is 13.8. The molecule has 2 heterocycles. The number of hydrogen-bond donors (Lipinski definition) is 3. The Kier molecular flexibility index (Phi) is 4.86. The Hall–Kier alpha value is -3.16. The number of nitrogens with zero attached hydrogens (tertiary/aromatic N) is 3. The molecule has 3 aromatic rings. The first-order valence-electron chi connectivity index (χ1n) is 9.84. The number of aromatic hydroxyl groups is 1. The van der Waals surface area contributed by atoms with Crippen molar-refractivity contribution in [3.63, 3.8) is 0 Å². The van der Waals surface area contributed by atoms with Gasteiger partial charge in [0.2, 0.25) is 0 Å². The Balaban J connectivity index is 1.69. The predicted molar refractivity (Wildman–Crippen MR) is 110 cm³/mol. The SMILES string of the molecule is CCC(=Nc1cnn(CC)c1)c1c(O)[nH]c2ccc(C(=O)NCC3(F)CC3)cc12. The van der Waals surface area contributed by atoms with Crippen LogP contribution in [0.2, 0.25) is 0 Å². The molecule has 1 aliphatic carbocycles. The molecule has 4 rings (SSSR count). The molecule has 1 amide bonds. The number of aromatic amines is 1. The number of amides is 1. The van der Waals surface area contributed by atoms with E-state index in [1.807, 2.05) is 20.0 Å². The summed E-state index contributed by atoms with van der Waals surface area (Å²) in [7, 11) is 0. The summed E-state index contributed by atoms with van der Waals surface area (Å²) in [6.07, 6.45) is 5.08. The van der Waals surface area contributed by atoms with Gasteiger partial charge in [-0.1, -0.05) is 6.92 Å². The van der Waals surface area contributed by atoms with Crippen LogP contribution >= 0.6 is 0 Å².